The number of benzene rings is 2. The number of halogens is 1. The quantitative estimate of drug-likeness (QED) is 0.499. The number of aryl methyl sites for hydroxylation is 1. The minimum absolute atomic E-state index is 0.0337. The zero-order valence-corrected chi connectivity index (χ0v) is 20.8. The van der Waals surface area contributed by atoms with Gasteiger partial charge in [-0.1, -0.05) is 23.7 Å². The summed E-state index contributed by atoms with van der Waals surface area (Å²) in [6, 6.07) is 12.7. The van der Waals surface area contributed by atoms with Gasteiger partial charge in [0.1, 0.15) is 11.5 Å². The number of carbonyl (C=O) groups excluding carboxylic acids is 1. The third-order valence-electron chi connectivity index (χ3n) is 5.99. The van der Waals surface area contributed by atoms with E-state index in [2.05, 4.69) is 10.3 Å². The lowest BCUT2D eigenvalue weighted by molar-refractivity contribution is -0.117. The minimum atomic E-state index is -0.638. The Morgan fingerprint density at radius 3 is 2.49 bits per heavy atom. The molecule has 1 heterocycles. The fourth-order valence-corrected chi connectivity index (χ4v) is 4.37. The van der Waals surface area contributed by atoms with E-state index < -0.39 is 11.4 Å². The van der Waals surface area contributed by atoms with E-state index in [4.69, 9.17) is 16.3 Å². The zero-order chi connectivity index (χ0) is 25.1. The predicted octanol–water partition coefficient (Wildman–Crippen LogP) is 4.32. The number of Topliss-reactive ketones (excluding diaryl/α,β-unsaturated/α-hetero) is 1. The van der Waals surface area contributed by atoms with Crippen LogP contribution in [0.1, 0.15) is 44.2 Å². The number of hydrogen-bond acceptors (Lipinski definition) is 6. The first-order chi connectivity index (χ1) is 16.7. The van der Waals surface area contributed by atoms with E-state index in [1.54, 1.807) is 12.1 Å². The molecule has 1 aliphatic carbocycles. The molecule has 0 spiro atoms. The second kappa shape index (κ2) is 10.5. The molecule has 0 saturated heterocycles. The van der Waals surface area contributed by atoms with Crippen molar-refractivity contribution in [3.63, 3.8) is 0 Å². The second-order valence-corrected chi connectivity index (χ2v) is 9.68. The number of anilines is 2. The van der Waals surface area contributed by atoms with Gasteiger partial charge in [0.2, 0.25) is 5.95 Å². The lowest BCUT2D eigenvalue weighted by Gasteiger charge is -2.18. The van der Waals surface area contributed by atoms with E-state index in [0.29, 0.717) is 30.0 Å². The Morgan fingerprint density at radius 1 is 1.11 bits per heavy atom. The number of ether oxygens (including phenoxy) is 1. The number of ketones is 1. The molecular formula is C26H29ClN4O4. The van der Waals surface area contributed by atoms with Gasteiger partial charge in [0.25, 0.3) is 0 Å². The molecule has 4 rings (SSSR count). The van der Waals surface area contributed by atoms with Crippen molar-refractivity contribution in [1.82, 2.24) is 14.1 Å². The topological polar surface area (TPSA) is 95.2 Å². The maximum atomic E-state index is 13.5. The number of nitrogens with one attached hydrogen (secondary N) is 1. The molecule has 0 amide bonds. The molecule has 1 saturated carbocycles. The van der Waals surface area contributed by atoms with Crippen LogP contribution in [0.2, 0.25) is 5.02 Å². The third-order valence-corrected chi connectivity index (χ3v) is 6.24. The van der Waals surface area contributed by atoms with Gasteiger partial charge in [0.05, 0.1) is 12.6 Å². The Bertz CT molecular complexity index is 1340. The van der Waals surface area contributed by atoms with Crippen molar-refractivity contribution in [2.24, 2.45) is 5.92 Å². The number of hydrogen-bond donors (Lipinski definition) is 1. The molecular weight excluding hydrogens is 468 g/mol. The van der Waals surface area contributed by atoms with E-state index in [0.717, 1.165) is 21.4 Å². The molecule has 8 nitrogen and oxygen atoms in total. The van der Waals surface area contributed by atoms with Crippen molar-refractivity contribution in [1.29, 1.82) is 0 Å². The van der Waals surface area contributed by atoms with Gasteiger partial charge in [-0.2, -0.15) is 4.98 Å². The van der Waals surface area contributed by atoms with Crippen LogP contribution < -0.4 is 21.4 Å². The van der Waals surface area contributed by atoms with Gasteiger partial charge in [-0.15, -0.1) is 0 Å². The van der Waals surface area contributed by atoms with Gasteiger partial charge in [0.15, 0.2) is 0 Å². The molecule has 1 fully saturated rings. The lowest BCUT2D eigenvalue weighted by atomic mass is 10.1. The summed E-state index contributed by atoms with van der Waals surface area (Å²) in [5.74, 6) is 1.04. The number of carbonyl (C=O) groups is 1. The normalized spacial score (nSPS) is 15.6. The minimum Gasteiger partial charge on any atom is -0.491 e. The van der Waals surface area contributed by atoms with Gasteiger partial charge in [-0.05, 0) is 74.6 Å². The van der Waals surface area contributed by atoms with E-state index in [1.807, 2.05) is 51.1 Å². The van der Waals surface area contributed by atoms with Crippen molar-refractivity contribution >= 4 is 29.0 Å². The van der Waals surface area contributed by atoms with E-state index in [9.17, 15) is 14.4 Å². The summed E-state index contributed by atoms with van der Waals surface area (Å²) in [4.78, 5) is 42.3. The van der Waals surface area contributed by atoms with Crippen LogP contribution in [0, 0.1) is 12.8 Å². The highest BCUT2D eigenvalue weighted by Gasteiger charge is 2.25. The van der Waals surface area contributed by atoms with Crippen LogP contribution in [-0.2, 0) is 17.9 Å². The third kappa shape index (κ3) is 6.00. The summed E-state index contributed by atoms with van der Waals surface area (Å²) in [6.07, 6.45) is 1.59. The first-order valence-corrected chi connectivity index (χ1v) is 12.1. The molecule has 0 radical (unpaired) electrons. The molecule has 0 aliphatic heterocycles. The number of nitrogens with zero attached hydrogens (tertiary/aromatic N) is 3. The Morgan fingerprint density at radius 2 is 1.86 bits per heavy atom. The Balaban J connectivity index is 1.71. The van der Waals surface area contributed by atoms with Crippen molar-refractivity contribution in [3.05, 3.63) is 79.6 Å². The molecule has 0 unspecified atom stereocenters. The Hall–Kier alpha value is -3.39. The van der Waals surface area contributed by atoms with Crippen LogP contribution in [0.25, 0.3) is 0 Å². The van der Waals surface area contributed by atoms with Gasteiger partial charge in [-0.25, -0.2) is 14.2 Å². The molecule has 1 aromatic heterocycles. The van der Waals surface area contributed by atoms with Crippen LogP contribution in [0.3, 0.4) is 0 Å². The molecule has 3 aromatic rings. The summed E-state index contributed by atoms with van der Waals surface area (Å²) in [5, 5.41) is 3.73. The number of aromatic nitrogens is 3. The van der Waals surface area contributed by atoms with Crippen LogP contribution in [0.4, 0.5) is 11.6 Å². The maximum absolute atomic E-state index is 13.5. The van der Waals surface area contributed by atoms with Gasteiger partial charge in [0, 0.05) is 30.1 Å². The van der Waals surface area contributed by atoms with Gasteiger partial charge in [-0.3, -0.25) is 9.36 Å². The molecule has 35 heavy (non-hydrogen) atoms. The summed E-state index contributed by atoms with van der Waals surface area (Å²) in [7, 11) is 0. The lowest BCUT2D eigenvalue weighted by Crippen LogP contribution is -2.43. The van der Waals surface area contributed by atoms with Crippen LogP contribution >= 0.6 is 11.6 Å². The molecule has 9 heteroatoms. The molecule has 0 bridgehead atoms. The summed E-state index contributed by atoms with van der Waals surface area (Å²) in [6.45, 7) is 6.22. The molecule has 1 aliphatic rings. The van der Waals surface area contributed by atoms with E-state index >= 15 is 0 Å². The fraction of sp³-hybridized carbons (Fsp3) is 0.385. The second-order valence-electron chi connectivity index (χ2n) is 9.24. The average molecular weight is 497 g/mol. The van der Waals surface area contributed by atoms with E-state index in [1.165, 1.54) is 4.57 Å². The predicted molar refractivity (Wildman–Crippen MR) is 136 cm³/mol. The Labute approximate surface area is 208 Å². The van der Waals surface area contributed by atoms with Crippen molar-refractivity contribution < 1.29 is 9.53 Å². The first kappa shape index (κ1) is 24.7. The van der Waals surface area contributed by atoms with Gasteiger partial charge >= 0.3 is 11.4 Å². The van der Waals surface area contributed by atoms with Crippen LogP contribution in [0.15, 0.2) is 52.1 Å². The molecule has 2 aromatic carbocycles. The highest BCUT2D eigenvalue weighted by molar-refractivity contribution is 6.30. The summed E-state index contributed by atoms with van der Waals surface area (Å²) < 4.78 is 8.37. The van der Waals surface area contributed by atoms with E-state index in [-0.39, 0.29) is 36.8 Å². The zero-order valence-electron chi connectivity index (χ0n) is 20.1. The summed E-state index contributed by atoms with van der Waals surface area (Å²) >= 11 is 6.02. The average Bonchev–Trinajstić information content (AvgIpc) is 3.21. The summed E-state index contributed by atoms with van der Waals surface area (Å²) in [5.41, 5.74) is 1.31. The Kier molecular flexibility index (Phi) is 7.40. The SMILES string of the molecule is Cc1cc(Nc2nc(=O)n(C[C@H]3CCC(=O)C3)c(=O)n2Cc2ccc(Cl)cc2)ccc1OC(C)C. The maximum Gasteiger partial charge on any atom is 0.354 e. The smallest absolute Gasteiger partial charge is 0.354 e. The highest BCUT2D eigenvalue weighted by atomic mass is 35.5. The monoisotopic (exact) mass is 496 g/mol. The van der Waals surface area contributed by atoms with Crippen molar-refractivity contribution in [2.75, 3.05) is 5.32 Å². The molecule has 1 N–H and O–H groups in total. The standard InChI is InChI=1S/C26H29ClN4O4/c1-16(2)35-23-11-9-21(12-17(23)3)28-24-29-25(33)31(15-19-6-10-22(32)13-19)26(34)30(24)14-18-4-7-20(27)8-5-18/h4-5,7-9,11-12,16,19H,6,10,13-15H2,1-3H3,(H,28,29,33)/t19-/m0/s1. The fourth-order valence-electron chi connectivity index (χ4n) is 4.24. The van der Waals surface area contributed by atoms with Crippen LogP contribution in [-0.4, -0.2) is 26.0 Å². The number of rotatable bonds is 8. The van der Waals surface area contributed by atoms with Crippen molar-refractivity contribution in [2.45, 2.75) is 59.2 Å². The largest absolute Gasteiger partial charge is 0.491 e. The van der Waals surface area contributed by atoms with Gasteiger partial charge < -0.3 is 10.1 Å². The first-order valence-electron chi connectivity index (χ1n) is 11.7. The van der Waals surface area contributed by atoms with Crippen LogP contribution in [0.5, 0.6) is 5.75 Å². The highest BCUT2D eigenvalue weighted by Crippen LogP contribution is 2.25. The van der Waals surface area contributed by atoms with Crippen molar-refractivity contribution in [3.8, 4) is 5.75 Å². The molecule has 184 valence electrons. The molecule has 1 atom stereocenters.